The summed E-state index contributed by atoms with van der Waals surface area (Å²) in [5.74, 6) is 0. The van der Waals surface area contributed by atoms with Crippen molar-refractivity contribution in [2.45, 2.75) is 45.6 Å². The van der Waals surface area contributed by atoms with E-state index in [0.29, 0.717) is 18.4 Å². The van der Waals surface area contributed by atoms with E-state index >= 15 is 0 Å². The third-order valence-corrected chi connectivity index (χ3v) is 2.83. The van der Waals surface area contributed by atoms with Crippen LogP contribution in [0.4, 0.5) is 0 Å². The summed E-state index contributed by atoms with van der Waals surface area (Å²) in [6, 6.07) is 0. The van der Waals surface area contributed by atoms with Crippen molar-refractivity contribution in [3.63, 3.8) is 0 Å². The molecule has 1 aliphatic rings. The van der Waals surface area contributed by atoms with Crippen molar-refractivity contribution in [1.29, 1.82) is 0 Å². The van der Waals surface area contributed by atoms with Crippen molar-refractivity contribution in [1.82, 2.24) is 9.80 Å². The van der Waals surface area contributed by atoms with E-state index in [1.54, 1.807) is 0 Å². The Balaban J connectivity index is 2.56. The van der Waals surface area contributed by atoms with Gasteiger partial charge in [-0.3, -0.25) is 9.80 Å². The molecule has 3 nitrogen and oxygen atoms in total. The molecule has 0 aromatic carbocycles. The summed E-state index contributed by atoms with van der Waals surface area (Å²) in [6.07, 6.45) is 2.47. The van der Waals surface area contributed by atoms with Gasteiger partial charge < -0.3 is 4.74 Å². The second kappa shape index (κ2) is 5.10. The third-order valence-electron chi connectivity index (χ3n) is 2.83. The Labute approximate surface area is 88.0 Å². The molecule has 0 aromatic heterocycles. The molecule has 0 amide bonds. The topological polar surface area (TPSA) is 15.7 Å². The molecule has 1 heterocycles. The molecule has 1 fully saturated rings. The number of hydrogen-bond acceptors (Lipinski definition) is 3. The Bertz CT molecular complexity index is 163. The standard InChI is InChI=1S/C11H24N2O/c1-6-11(12(4)5)13-7-9(2)14-10(3)8-13/h9-11H,6-8H2,1-5H3. The van der Waals surface area contributed by atoms with Gasteiger partial charge in [0.25, 0.3) is 0 Å². The van der Waals surface area contributed by atoms with E-state index in [2.05, 4.69) is 44.7 Å². The Morgan fingerprint density at radius 3 is 2.14 bits per heavy atom. The van der Waals surface area contributed by atoms with Gasteiger partial charge in [-0.2, -0.15) is 0 Å². The van der Waals surface area contributed by atoms with Gasteiger partial charge >= 0.3 is 0 Å². The minimum Gasteiger partial charge on any atom is -0.373 e. The first-order valence-corrected chi connectivity index (χ1v) is 5.60. The zero-order chi connectivity index (χ0) is 10.7. The average Bonchev–Trinajstić information content (AvgIpc) is 2.02. The summed E-state index contributed by atoms with van der Waals surface area (Å²) in [4.78, 5) is 4.82. The van der Waals surface area contributed by atoms with E-state index in [-0.39, 0.29) is 0 Å². The molecule has 14 heavy (non-hydrogen) atoms. The molecule has 1 rings (SSSR count). The number of morpholine rings is 1. The molecule has 0 bridgehead atoms. The summed E-state index contributed by atoms with van der Waals surface area (Å²) in [7, 11) is 4.30. The number of hydrogen-bond donors (Lipinski definition) is 0. The quantitative estimate of drug-likeness (QED) is 0.685. The Morgan fingerprint density at radius 1 is 1.29 bits per heavy atom. The highest BCUT2D eigenvalue weighted by molar-refractivity contribution is 4.77. The van der Waals surface area contributed by atoms with Gasteiger partial charge in [-0.1, -0.05) is 6.92 Å². The molecule has 84 valence electrons. The van der Waals surface area contributed by atoms with Crippen LogP contribution in [-0.4, -0.2) is 55.4 Å². The van der Waals surface area contributed by atoms with Crippen LogP contribution in [-0.2, 0) is 4.74 Å². The van der Waals surface area contributed by atoms with Gasteiger partial charge in [0, 0.05) is 13.1 Å². The first-order valence-electron chi connectivity index (χ1n) is 5.60. The molecule has 1 saturated heterocycles. The lowest BCUT2D eigenvalue weighted by Crippen LogP contribution is -2.54. The lowest BCUT2D eigenvalue weighted by Gasteiger charge is -2.42. The van der Waals surface area contributed by atoms with Gasteiger partial charge in [-0.25, -0.2) is 0 Å². The van der Waals surface area contributed by atoms with Crippen LogP contribution >= 0.6 is 0 Å². The Hall–Kier alpha value is -0.120. The zero-order valence-electron chi connectivity index (χ0n) is 10.2. The predicted octanol–water partition coefficient (Wildman–Crippen LogP) is 1.39. The van der Waals surface area contributed by atoms with Crippen LogP contribution in [0.5, 0.6) is 0 Å². The van der Waals surface area contributed by atoms with Crippen molar-refractivity contribution in [2.75, 3.05) is 27.2 Å². The molecule has 0 spiro atoms. The van der Waals surface area contributed by atoms with E-state index < -0.39 is 0 Å². The van der Waals surface area contributed by atoms with Crippen LogP contribution < -0.4 is 0 Å². The highest BCUT2D eigenvalue weighted by atomic mass is 16.5. The third kappa shape index (κ3) is 2.94. The summed E-state index contributed by atoms with van der Waals surface area (Å²) in [5, 5.41) is 0. The van der Waals surface area contributed by atoms with Gasteiger partial charge in [0.05, 0.1) is 18.4 Å². The van der Waals surface area contributed by atoms with Gasteiger partial charge in [0.15, 0.2) is 0 Å². The monoisotopic (exact) mass is 200 g/mol. The molecular weight excluding hydrogens is 176 g/mol. The van der Waals surface area contributed by atoms with Crippen molar-refractivity contribution >= 4 is 0 Å². The molecule has 0 N–H and O–H groups in total. The van der Waals surface area contributed by atoms with E-state index in [9.17, 15) is 0 Å². The van der Waals surface area contributed by atoms with Gasteiger partial charge in [-0.15, -0.1) is 0 Å². The highest BCUT2D eigenvalue weighted by Crippen LogP contribution is 2.16. The molecule has 0 radical (unpaired) electrons. The van der Waals surface area contributed by atoms with Gasteiger partial charge in [0.1, 0.15) is 0 Å². The average molecular weight is 200 g/mol. The second-order valence-electron chi connectivity index (χ2n) is 4.56. The van der Waals surface area contributed by atoms with Crippen molar-refractivity contribution in [2.24, 2.45) is 0 Å². The molecule has 3 unspecified atom stereocenters. The number of nitrogens with zero attached hydrogens (tertiary/aromatic N) is 2. The minimum absolute atomic E-state index is 0.368. The van der Waals surface area contributed by atoms with Crippen LogP contribution in [0.2, 0.25) is 0 Å². The van der Waals surface area contributed by atoms with Crippen molar-refractivity contribution < 1.29 is 4.74 Å². The smallest absolute Gasteiger partial charge is 0.0678 e. The Morgan fingerprint density at radius 2 is 1.79 bits per heavy atom. The van der Waals surface area contributed by atoms with Crippen LogP contribution in [0.15, 0.2) is 0 Å². The molecular formula is C11H24N2O. The molecule has 3 atom stereocenters. The Kier molecular flexibility index (Phi) is 4.35. The molecule has 1 aliphatic heterocycles. The zero-order valence-corrected chi connectivity index (χ0v) is 10.2. The fraction of sp³-hybridized carbons (Fsp3) is 1.00. The largest absolute Gasteiger partial charge is 0.373 e. The fourth-order valence-corrected chi connectivity index (χ4v) is 2.41. The lowest BCUT2D eigenvalue weighted by atomic mass is 10.2. The van der Waals surface area contributed by atoms with E-state index in [0.717, 1.165) is 13.1 Å². The van der Waals surface area contributed by atoms with E-state index in [1.165, 1.54) is 6.42 Å². The summed E-state index contributed by atoms with van der Waals surface area (Å²) in [6.45, 7) is 8.67. The van der Waals surface area contributed by atoms with Crippen LogP contribution in [0.1, 0.15) is 27.2 Å². The maximum Gasteiger partial charge on any atom is 0.0678 e. The van der Waals surface area contributed by atoms with E-state index in [4.69, 9.17) is 4.74 Å². The molecule has 0 aromatic rings. The predicted molar refractivity (Wildman–Crippen MR) is 59.3 cm³/mol. The summed E-state index contributed by atoms with van der Waals surface area (Å²) < 4.78 is 5.73. The van der Waals surface area contributed by atoms with Crippen molar-refractivity contribution in [3.8, 4) is 0 Å². The number of ether oxygens (including phenoxy) is 1. The van der Waals surface area contributed by atoms with Crippen LogP contribution in [0, 0.1) is 0 Å². The van der Waals surface area contributed by atoms with Gasteiger partial charge in [-0.05, 0) is 34.4 Å². The highest BCUT2D eigenvalue weighted by Gasteiger charge is 2.27. The summed E-state index contributed by atoms with van der Waals surface area (Å²) in [5.41, 5.74) is 0. The first kappa shape index (κ1) is 12.0. The maximum absolute atomic E-state index is 5.73. The first-order chi connectivity index (χ1) is 6.54. The number of rotatable bonds is 3. The molecule has 0 saturated carbocycles. The lowest BCUT2D eigenvalue weighted by molar-refractivity contribution is -0.0986. The van der Waals surface area contributed by atoms with Crippen molar-refractivity contribution in [3.05, 3.63) is 0 Å². The van der Waals surface area contributed by atoms with E-state index in [1.807, 2.05) is 0 Å². The van der Waals surface area contributed by atoms with Gasteiger partial charge in [0.2, 0.25) is 0 Å². The van der Waals surface area contributed by atoms with Crippen LogP contribution in [0.3, 0.4) is 0 Å². The SMILES string of the molecule is CCC(N(C)C)N1CC(C)OC(C)C1. The van der Waals surface area contributed by atoms with Crippen LogP contribution in [0.25, 0.3) is 0 Å². The maximum atomic E-state index is 5.73. The molecule has 0 aliphatic carbocycles. The molecule has 3 heteroatoms. The normalized spacial score (nSPS) is 32.1. The minimum atomic E-state index is 0.368. The fourth-order valence-electron chi connectivity index (χ4n) is 2.41. The summed E-state index contributed by atoms with van der Waals surface area (Å²) >= 11 is 0. The second-order valence-corrected chi connectivity index (χ2v) is 4.56.